The van der Waals surface area contributed by atoms with Crippen LogP contribution >= 0.6 is 0 Å². The second-order valence-corrected chi connectivity index (χ2v) is 5.91. The largest absolute Gasteiger partial charge is 2.00 e. The maximum absolute atomic E-state index is 7.00. The summed E-state index contributed by atoms with van der Waals surface area (Å²) < 4.78 is 0. The molecule has 0 aromatic rings. The van der Waals surface area contributed by atoms with Crippen molar-refractivity contribution in [2.24, 2.45) is 0 Å². The van der Waals surface area contributed by atoms with Gasteiger partial charge in [0.1, 0.15) is 0 Å². The quantitative estimate of drug-likeness (QED) is 0.125. The van der Waals surface area contributed by atoms with E-state index in [1.54, 1.807) is 0 Å². The molecule has 0 aromatic carbocycles. The van der Waals surface area contributed by atoms with E-state index in [-0.39, 0.29) is 83.8 Å². The van der Waals surface area contributed by atoms with Gasteiger partial charge in [0.15, 0.2) is 0 Å². The van der Waals surface area contributed by atoms with E-state index < -0.39 is 0 Å². The predicted octanol–water partition coefficient (Wildman–Crippen LogP) is -13.7. The fraction of sp³-hybridized carbons (Fsp3) is 1.00. The second-order valence-electron chi connectivity index (χ2n) is 5.91. The maximum atomic E-state index is 7.00. The van der Waals surface area contributed by atoms with Crippen LogP contribution in [0.15, 0.2) is 0 Å². The molecule has 204 valence electrons. The first-order valence-corrected chi connectivity index (χ1v) is 10.1. The molecule has 0 amide bonds. The summed E-state index contributed by atoms with van der Waals surface area (Å²) in [5.41, 5.74) is 0. The van der Waals surface area contributed by atoms with Crippen LogP contribution in [0.2, 0.25) is 0 Å². The molecule has 0 atom stereocenters. The Morgan fingerprint density at radius 1 is 0.312 bits per heavy atom. The van der Waals surface area contributed by atoms with Gasteiger partial charge in [0.05, 0.1) is 0 Å². The Bertz CT molecular complexity index is 156. The Kier molecular flexibility index (Phi) is 100. The summed E-state index contributed by atoms with van der Waals surface area (Å²) in [6.07, 6.45) is 5.00. The summed E-state index contributed by atoms with van der Waals surface area (Å²) in [6.45, 7) is 13.7. The number of nitrogens with one attached hydrogen (secondary N) is 6. The number of hydrogen-bond donors (Lipinski definition) is 8. The van der Waals surface area contributed by atoms with Crippen molar-refractivity contribution in [2.75, 3.05) is 92.8 Å². The van der Waals surface area contributed by atoms with E-state index in [2.05, 4.69) is 31.9 Å². The van der Waals surface area contributed by atoms with E-state index in [4.69, 9.17) is 10.2 Å². The molecule has 2 saturated heterocycles. The molecule has 0 unspecified atom stereocenters. The molecule has 0 aliphatic carbocycles. The summed E-state index contributed by atoms with van der Waals surface area (Å²) in [4.78, 5) is 0. The van der Waals surface area contributed by atoms with E-state index in [9.17, 15) is 0 Å². The van der Waals surface area contributed by atoms with Gasteiger partial charge in [-0.15, -0.1) is 0 Å². The molecule has 2 aliphatic heterocycles. The summed E-state index contributed by atoms with van der Waals surface area (Å²) in [5.74, 6) is 0. The minimum absolute atomic E-state index is 0. The average Bonchev–Trinajstić information content (AvgIpc) is 2.83. The second kappa shape index (κ2) is 58.6. The van der Waals surface area contributed by atoms with Gasteiger partial charge in [0.2, 0.25) is 0 Å². The van der Waals surface area contributed by atoms with Gasteiger partial charge >= 0.3 is 34.1 Å². The van der Waals surface area contributed by atoms with Crippen LogP contribution in [-0.4, -0.2) is 103 Å². The fourth-order valence-electron chi connectivity index (χ4n) is 2.46. The molecule has 2 fully saturated rings. The molecule has 0 radical (unpaired) electrons. The summed E-state index contributed by atoms with van der Waals surface area (Å²) >= 11 is 0. The number of aliphatic hydroxyl groups is 2. The van der Waals surface area contributed by atoms with Crippen LogP contribution in [0.5, 0.6) is 0 Å². The van der Waals surface area contributed by atoms with Gasteiger partial charge in [-0.1, -0.05) is 0 Å². The van der Waals surface area contributed by atoms with E-state index in [0.29, 0.717) is 0 Å². The third kappa shape index (κ3) is 53.3. The van der Waals surface area contributed by atoms with Gasteiger partial charge in [-0.25, -0.2) is 0 Å². The van der Waals surface area contributed by atoms with Crippen molar-refractivity contribution < 1.29 is 94.0 Å². The van der Waals surface area contributed by atoms with Crippen LogP contribution in [0, 0.1) is 0 Å². The monoisotopic (exact) mass is 630 g/mol. The van der Waals surface area contributed by atoms with E-state index in [1.807, 2.05) is 0 Å². The Morgan fingerprint density at radius 3 is 0.594 bits per heavy atom. The Balaban J connectivity index is -0.0000000446. The van der Waals surface area contributed by atoms with E-state index in [0.717, 1.165) is 92.8 Å². The Morgan fingerprint density at radius 2 is 0.438 bits per heavy atom. The molecule has 2 heterocycles. The van der Waals surface area contributed by atoms with Gasteiger partial charge in [-0.2, -0.15) is 0 Å². The van der Waals surface area contributed by atoms with Gasteiger partial charge in [-0.3, -0.25) is 0 Å². The van der Waals surface area contributed by atoms with Gasteiger partial charge in [0.25, 0.3) is 0 Å². The zero-order chi connectivity index (χ0) is 19.6. The van der Waals surface area contributed by atoms with E-state index >= 15 is 0 Å². The minimum atomic E-state index is 0. The molecule has 0 spiro atoms. The first-order chi connectivity index (χ1) is 13.0. The number of halogens is 4. The standard InChI is InChI=1S/2C8H19N3.2CH4O.4ClH.2Fe/c2*1-3-9-4-2-6-11-8-7-10-5-1;2*1-2;;;;;;/h2*9-11H,1-8H2;2*2H,1H3;4*1H;;/q;;;;;;;;2*+2/p-4. The topological polar surface area (TPSA) is 113 Å². The average molecular weight is 632 g/mol. The summed E-state index contributed by atoms with van der Waals surface area (Å²) in [6, 6.07) is 0. The zero-order valence-electron chi connectivity index (χ0n) is 19.4. The van der Waals surface area contributed by atoms with Crippen LogP contribution in [-0.2, 0) is 34.1 Å². The maximum Gasteiger partial charge on any atom is 2.00 e. The molecular formula is C18H46Cl4Fe2N6O2. The predicted molar refractivity (Wildman–Crippen MR) is 112 cm³/mol. The fourth-order valence-corrected chi connectivity index (χ4v) is 2.46. The number of aliphatic hydroxyl groups excluding tert-OH is 2. The molecule has 2 rings (SSSR count). The van der Waals surface area contributed by atoms with Crippen molar-refractivity contribution in [1.82, 2.24) is 31.9 Å². The van der Waals surface area contributed by atoms with E-state index in [1.165, 1.54) is 25.7 Å². The minimum Gasteiger partial charge on any atom is -1.00 e. The smallest absolute Gasteiger partial charge is 1.00 e. The molecule has 8 nitrogen and oxygen atoms in total. The third-order valence-corrected chi connectivity index (χ3v) is 3.79. The molecule has 2 aliphatic rings. The Labute approximate surface area is 243 Å². The first-order valence-electron chi connectivity index (χ1n) is 10.1. The Hall–Kier alpha value is 1.88. The van der Waals surface area contributed by atoms with Crippen molar-refractivity contribution in [1.29, 1.82) is 0 Å². The number of rotatable bonds is 0. The SMILES string of the molecule is C1CNCCCNCCNC1.C1CNCCCNCCNC1.CO.CO.[Cl-].[Cl-].[Cl-].[Cl-].[Fe+2].[Fe+2]. The van der Waals surface area contributed by atoms with Crippen molar-refractivity contribution in [3.05, 3.63) is 0 Å². The number of hydrogen-bond acceptors (Lipinski definition) is 8. The van der Waals surface area contributed by atoms with Crippen LogP contribution in [0.3, 0.4) is 0 Å². The summed E-state index contributed by atoms with van der Waals surface area (Å²) in [5, 5.41) is 34.3. The van der Waals surface area contributed by atoms with Gasteiger partial charge in [0, 0.05) is 40.4 Å². The van der Waals surface area contributed by atoms with Gasteiger partial charge < -0.3 is 91.7 Å². The normalized spacial score (nSPS) is 16.9. The van der Waals surface area contributed by atoms with Crippen LogP contribution in [0.1, 0.15) is 25.7 Å². The molecular weight excluding hydrogens is 586 g/mol. The van der Waals surface area contributed by atoms with Gasteiger partial charge in [-0.05, 0) is 78.0 Å². The van der Waals surface area contributed by atoms with Crippen LogP contribution < -0.4 is 81.5 Å². The summed E-state index contributed by atoms with van der Waals surface area (Å²) in [7, 11) is 2.00. The molecule has 8 N–H and O–H groups in total. The van der Waals surface area contributed by atoms with Crippen LogP contribution in [0.25, 0.3) is 0 Å². The van der Waals surface area contributed by atoms with Crippen LogP contribution in [0.4, 0.5) is 0 Å². The molecule has 32 heavy (non-hydrogen) atoms. The van der Waals surface area contributed by atoms with Crippen molar-refractivity contribution in [3.8, 4) is 0 Å². The first kappa shape index (κ1) is 54.7. The molecule has 0 bridgehead atoms. The third-order valence-electron chi connectivity index (χ3n) is 3.79. The zero-order valence-corrected chi connectivity index (χ0v) is 24.7. The van der Waals surface area contributed by atoms with Crippen molar-refractivity contribution >= 4 is 0 Å². The van der Waals surface area contributed by atoms with Crippen molar-refractivity contribution in [2.45, 2.75) is 25.7 Å². The molecule has 14 heteroatoms. The molecule has 0 saturated carbocycles. The molecule has 0 aromatic heterocycles. The van der Waals surface area contributed by atoms with Crippen molar-refractivity contribution in [3.63, 3.8) is 0 Å².